The normalized spacial score (nSPS) is 12.2. The van der Waals surface area contributed by atoms with Crippen molar-refractivity contribution in [3.63, 3.8) is 0 Å². The van der Waals surface area contributed by atoms with Gasteiger partial charge >= 0.3 is 5.97 Å². The Hall–Kier alpha value is -1.07. The Morgan fingerprint density at radius 1 is 1.73 bits per heavy atom. The van der Waals surface area contributed by atoms with Crippen LogP contribution >= 0.6 is 11.8 Å². The molecule has 1 aromatic rings. The highest BCUT2D eigenvalue weighted by atomic mass is 32.2. The fourth-order valence-electron chi connectivity index (χ4n) is 0.955. The van der Waals surface area contributed by atoms with E-state index in [-0.39, 0.29) is 11.7 Å². The van der Waals surface area contributed by atoms with E-state index in [0.717, 1.165) is 5.56 Å². The van der Waals surface area contributed by atoms with Gasteiger partial charge in [-0.15, -0.1) is 0 Å². The number of carbonyl (C=O) groups excluding carboxylic acids is 1. The molecule has 0 radical (unpaired) electrons. The molecule has 0 unspecified atom stereocenters. The second kappa shape index (κ2) is 5.72. The van der Waals surface area contributed by atoms with Gasteiger partial charge in [0.2, 0.25) is 0 Å². The summed E-state index contributed by atoms with van der Waals surface area (Å²) in [5, 5.41) is 10.1. The smallest absolute Gasteiger partial charge is 0.316 e. The maximum Gasteiger partial charge on any atom is 0.316 e. The molecule has 0 aliphatic carbocycles. The molecule has 0 saturated heterocycles. The van der Waals surface area contributed by atoms with Crippen LogP contribution in [0.4, 0.5) is 0 Å². The van der Waals surface area contributed by atoms with Crippen LogP contribution in [0.25, 0.3) is 0 Å². The van der Waals surface area contributed by atoms with Gasteiger partial charge in [0.15, 0.2) is 0 Å². The first kappa shape index (κ1) is 12.0. The Bertz CT molecular complexity index is 341. The number of pyridine rings is 1. The second-order valence-electron chi connectivity index (χ2n) is 2.97. The van der Waals surface area contributed by atoms with E-state index in [1.807, 2.05) is 0 Å². The lowest BCUT2D eigenvalue weighted by Crippen LogP contribution is -2.03. The van der Waals surface area contributed by atoms with Crippen molar-refractivity contribution >= 4 is 17.7 Å². The van der Waals surface area contributed by atoms with Crippen molar-refractivity contribution in [3.05, 3.63) is 23.9 Å². The molecule has 15 heavy (non-hydrogen) atoms. The summed E-state index contributed by atoms with van der Waals surface area (Å²) in [4.78, 5) is 15.0. The van der Waals surface area contributed by atoms with Crippen LogP contribution in [0.15, 0.2) is 23.4 Å². The number of hydrogen-bond donors (Lipinski definition) is 1. The lowest BCUT2D eigenvalue weighted by molar-refractivity contribution is -0.137. The highest BCUT2D eigenvalue weighted by Crippen LogP contribution is 2.19. The average molecular weight is 227 g/mol. The quantitative estimate of drug-likeness (QED) is 0.622. The summed E-state index contributed by atoms with van der Waals surface area (Å²) in [6.07, 6.45) is 1.09. The van der Waals surface area contributed by atoms with Crippen molar-refractivity contribution in [1.29, 1.82) is 0 Å². The molecule has 0 aliphatic heterocycles. The van der Waals surface area contributed by atoms with E-state index in [1.54, 1.807) is 25.3 Å². The zero-order valence-electron chi connectivity index (χ0n) is 8.64. The lowest BCUT2D eigenvalue weighted by atomic mass is 10.2. The van der Waals surface area contributed by atoms with E-state index < -0.39 is 6.10 Å². The van der Waals surface area contributed by atoms with Gasteiger partial charge < -0.3 is 9.84 Å². The molecule has 0 bridgehead atoms. The summed E-state index contributed by atoms with van der Waals surface area (Å²) in [5.41, 5.74) is 0.789. The van der Waals surface area contributed by atoms with Gasteiger partial charge in [-0.2, -0.15) is 0 Å². The van der Waals surface area contributed by atoms with Gasteiger partial charge in [-0.25, -0.2) is 4.98 Å². The number of nitrogens with zero attached hydrogens (tertiary/aromatic N) is 1. The summed E-state index contributed by atoms with van der Waals surface area (Å²) < 4.78 is 4.51. The summed E-state index contributed by atoms with van der Waals surface area (Å²) in [6, 6.07) is 3.51. The van der Waals surface area contributed by atoms with Crippen LogP contribution in [-0.4, -0.2) is 28.9 Å². The number of esters is 1. The molecular formula is C10H13NO3S. The van der Waals surface area contributed by atoms with Gasteiger partial charge in [-0.05, 0) is 24.6 Å². The Balaban J connectivity index is 2.61. The van der Waals surface area contributed by atoms with Gasteiger partial charge in [0.25, 0.3) is 0 Å². The van der Waals surface area contributed by atoms with Gasteiger partial charge in [0, 0.05) is 6.20 Å². The van der Waals surface area contributed by atoms with Crippen LogP contribution in [0.3, 0.4) is 0 Å². The standard InChI is InChI=1S/C10H13NO3S/c1-7(12)8-3-4-11-9(5-8)15-6-10(13)14-2/h3-5,7,12H,6H2,1-2H3/t7-/m1/s1. The van der Waals surface area contributed by atoms with E-state index in [1.165, 1.54) is 18.9 Å². The zero-order valence-corrected chi connectivity index (χ0v) is 9.45. The van der Waals surface area contributed by atoms with Crippen molar-refractivity contribution in [2.24, 2.45) is 0 Å². The molecule has 0 spiro atoms. The molecule has 1 atom stereocenters. The van der Waals surface area contributed by atoms with Crippen molar-refractivity contribution in [2.45, 2.75) is 18.1 Å². The fraction of sp³-hybridized carbons (Fsp3) is 0.400. The third-order valence-electron chi connectivity index (χ3n) is 1.81. The van der Waals surface area contributed by atoms with Crippen molar-refractivity contribution in [2.75, 3.05) is 12.9 Å². The summed E-state index contributed by atoms with van der Waals surface area (Å²) in [6.45, 7) is 1.68. The number of methoxy groups -OCH3 is 1. The maximum absolute atomic E-state index is 10.9. The molecule has 0 aliphatic rings. The minimum atomic E-state index is -0.523. The van der Waals surface area contributed by atoms with Crippen molar-refractivity contribution < 1.29 is 14.6 Å². The molecule has 0 fully saturated rings. The maximum atomic E-state index is 10.9. The van der Waals surface area contributed by atoms with Crippen molar-refractivity contribution in [1.82, 2.24) is 4.98 Å². The first-order valence-corrected chi connectivity index (χ1v) is 5.45. The fourth-order valence-corrected chi connectivity index (χ4v) is 1.69. The molecular weight excluding hydrogens is 214 g/mol. The minimum Gasteiger partial charge on any atom is -0.468 e. The summed E-state index contributed by atoms with van der Waals surface area (Å²) >= 11 is 1.29. The zero-order chi connectivity index (χ0) is 11.3. The molecule has 1 heterocycles. The van der Waals surface area contributed by atoms with Gasteiger partial charge in [-0.3, -0.25) is 4.79 Å². The molecule has 0 aromatic carbocycles. The van der Waals surface area contributed by atoms with Crippen LogP contribution in [0.2, 0.25) is 0 Å². The Morgan fingerprint density at radius 3 is 3.07 bits per heavy atom. The Labute approximate surface area is 92.7 Å². The number of thioether (sulfide) groups is 1. The topological polar surface area (TPSA) is 59.4 Å². The molecule has 5 heteroatoms. The van der Waals surface area contributed by atoms with Gasteiger partial charge in [-0.1, -0.05) is 11.8 Å². The first-order valence-electron chi connectivity index (χ1n) is 4.47. The van der Waals surface area contributed by atoms with Crippen LogP contribution in [-0.2, 0) is 9.53 Å². The molecule has 82 valence electrons. The van der Waals surface area contributed by atoms with Crippen LogP contribution in [0, 0.1) is 0 Å². The highest BCUT2D eigenvalue weighted by Gasteiger charge is 2.05. The summed E-state index contributed by atoms with van der Waals surface area (Å²) in [7, 11) is 1.35. The predicted octanol–water partition coefficient (Wildman–Crippen LogP) is 1.40. The van der Waals surface area contributed by atoms with Crippen LogP contribution < -0.4 is 0 Å². The Morgan fingerprint density at radius 2 is 2.47 bits per heavy atom. The third-order valence-corrected chi connectivity index (χ3v) is 2.71. The predicted molar refractivity (Wildman–Crippen MR) is 57.6 cm³/mol. The van der Waals surface area contributed by atoms with E-state index in [2.05, 4.69) is 9.72 Å². The van der Waals surface area contributed by atoms with Crippen molar-refractivity contribution in [3.8, 4) is 0 Å². The molecule has 4 nitrogen and oxygen atoms in total. The van der Waals surface area contributed by atoms with E-state index in [4.69, 9.17) is 0 Å². The number of aliphatic hydroxyl groups excluding tert-OH is 1. The first-order chi connectivity index (χ1) is 7.13. The molecule has 0 amide bonds. The number of carbonyl (C=O) groups is 1. The highest BCUT2D eigenvalue weighted by molar-refractivity contribution is 7.99. The lowest BCUT2D eigenvalue weighted by Gasteiger charge is -2.05. The van der Waals surface area contributed by atoms with E-state index in [0.29, 0.717) is 5.03 Å². The summed E-state index contributed by atoms with van der Waals surface area (Å²) in [5.74, 6) is -0.0588. The minimum absolute atomic E-state index is 0.229. The number of ether oxygens (including phenoxy) is 1. The second-order valence-corrected chi connectivity index (χ2v) is 3.96. The van der Waals surface area contributed by atoms with Gasteiger partial charge in [0.05, 0.1) is 24.0 Å². The van der Waals surface area contributed by atoms with Crippen LogP contribution in [0.1, 0.15) is 18.6 Å². The molecule has 0 saturated carbocycles. The largest absolute Gasteiger partial charge is 0.468 e. The van der Waals surface area contributed by atoms with E-state index in [9.17, 15) is 9.90 Å². The number of aromatic nitrogens is 1. The van der Waals surface area contributed by atoms with Crippen LogP contribution in [0.5, 0.6) is 0 Å². The monoisotopic (exact) mass is 227 g/mol. The van der Waals surface area contributed by atoms with E-state index >= 15 is 0 Å². The SMILES string of the molecule is COC(=O)CSc1cc([C@@H](C)O)ccn1. The average Bonchev–Trinajstić information content (AvgIpc) is 2.26. The van der Waals surface area contributed by atoms with Gasteiger partial charge in [0.1, 0.15) is 0 Å². The molecule has 1 aromatic heterocycles. The number of hydrogen-bond acceptors (Lipinski definition) is 5. The third kappa shape index (κ3) is 3.89. The molecule has 1 rings (SSSR count). The molecule has 1 N–H and O–H groups in total. The number of aliphatic hydroxyl groups is 1. The Kier molecular flexibility index (Phi) is 4.58. The number of rotatable bonds is 4.